The monoisotopic (exact) mass is 359 g/mol. The number of likely N-dealkylation sites (N-methyl/N-ethyl adjacent to an activating group) is 1. The van der Waals surface area contributed by atoms with E-state index in [0.29, 0.717) is 11.3 Å². The summed E-state index contributed by atoms with van der Waals surface area (Å²) in [6.07, 6.45) is 0. The van der Waals surface area contributed by atoms with Gasteiger partial charge in [-0.05, 0) is 54.8 Å². The highest BCUT2D eigenvalue weighted by atomic mass is 127. The first-order valence-corrected chi connectivity index (χ1v) is 7.11. The molecule has 5 heteroatoms. The van der Waals surface area contributed by atoms with Gasteiger partial charge in [-0.3, -0.25) is 4.79 Å². The highest BCUT2D eigenvalue weighted by molar-refractivity contribution is 14.1. The van der Waals surface area contributed by atoms with Crippen LogP contribution < -0.4 is 5.73 Å². The maximum atomic E-state index is 12.5. The van der Waals surface area contributed by atoms with Gasteiger partial charge in [-0.2, -0.15) is 0 Å². The molecule has 1 heterocycles. The molecule has 98 valence electrons. The maximum Gasteiger partial charge on any atom is 0.254 e. The van der Waals surface area contributed by atoms with Crippen molar-refractivity contribution < 1.29 is 4.79 Å². The van der Waals surface area contributed by atoms with E-state index >= 15 is 0 Å². The lowest BCUT2D eigenvalue weighted by molar-refractivity contribution is 0.0533. The topological polar surface area (TPSA) is 49.6 Å². The minimum absolute atomic E-state index is 0.0841. The summed E-state index contributed by atoms with van der Waals surface area (Å²) in [5.74, 6) is 0.0841. The average Bonchev–Trinajstić information content (AvgIpc) is 2.26. The number of nitrogens with zero attached hydrogens (tertiary/aromatic N) is 2. The summed E-state index contributed by atoms with van der Waals surface area (Å²) in [7, 11) is 2.09. The van der Waals surface area contributed by atoms with Crippen molar-refractivity contribution in [3.05, 3.63) is 27.3 Å². The van der Waals surface area contributed by atoms with Gasteiger partial charge in [0.15, 0.2) is 0 Å². The van der Waals surface area contributed by atoms with E-state index in [0.717, 1.165) is 23.2 Å². The Hall–Kier alpha value is -0.820. The molecule has 18 heavy (non-hydrogen) atoms. The van der Waals surface area contributed by atoms with Crippen LogP contribution in [0.4, 0.5) is 5.69 Å². The molecule has 4 nitrogen and oxygen atoms in total. The van der Waals surface area contributed by atoms with Crippen LogP contribution >= 0.6 is 22.6 Å². The van der Waals surface area contributed by atoms with Crippen molar-refractivity contribution in [2.45, 2.75) is 13.0 Å². The molecule has 0 aromatic heterocycles. The quantitative estimate of drug-likeness (QED) is 0.613. The van der Waals surface area contributed by atoms with Crippen LogP contribution in [0.5, 0.6) is 0 Å². The first-order chi connectivity index (χ1) is 8.47. The number of halogens is 1. The summed E-state index contributed by atoms with van der Waals surface area (Å²) in [5, 5.41) is 0. The summed E-state index contributed by atoms with van der Waals surface area (Å²) >= 11 is 2.18. The Morgan fingerprint density at radius 1 is 1.39 bits per heavy atom. The number of amides is 1. The second-order valence-electron chi connectivity index (χ2n) is 4.88. The first kappa shape index (κ1) is 13.6. The van der Waals surface area contributed by atoms with Gasteiger partial charge >= 0.3 is 0 Å². The van der Waals surface area contributed by atoms with E-state index < -0.39 is 0 Å². The van der Waals surface area contributed by atoms with Crippen LogP contribution in [0.1, 0.15) is 17.3 Å². The van der Waals surface area contributed by atoms with E-state index in [4.69, 9.17) is 5.73 Å². The van der Waals surface area contributed by atoms with Crippen molar-refractivity contribution in [1.82, 2.24) is 9.80 Å². The Bertz CT molecular complexity index is 443. The largest absolute Gasteiger partial charge is 0.399 e. The third-order valence-electron chi connectivity index (χ3n) is 3.26. The molecule has 0 radical (unpaired) electrons. The van der Waals surface area contributed by atoms with Crippen LogP contribution in [0.2, 0.25) is 0 Å². The van der Waals surface area contributed by atoms with Crippen LogP contribution in [-0.2, 0) is 0 Å². The lowest BCUT2D eigenvalue weighted by Gasteiger charge is -2.38. The van der Waals surface area contributed by atoms with E-state index in [2.05, 4.69) is 41.5 Å². The predicted octanol–water partition coefficient (Wildman–Crippen LogP) is 1.65. The number of rotatable bonds is 1. The van der Waals surface area contributed by atoms with Gasteiger partial charge in [0.05, 0.1) is 0 Å². The Morgan fingerprint density at radius 3 is 2.72 bits per heavy atom. The number of nitrogens with two attached hydrogens (primary N) is 1. The van der Waals surface area contributed by atoms with Crippen molar-refractivity contribution in [3.8, 4) is 0 Å². The zero-order valence-corrected chi connectivity index (χ0v) is 12.8. The standard InChI is InChI=1S/C13H18IN3O/c1-9-8-16(2)3-4-17(9)13(18)10-5-11(14)7-12(15)6-10/h5-7,9H,3-4,8,15H2,1-2H3. The van der Waals surface area contributed by atoms with E-state index in [9.17, 15) is 4.79 Å². The van der Waals surface area contributed by atoms with E-state index in [1.807, 2.05) is 17.0 Å². The van der Waals surface area contributed by atoms with Crippen molar-refractivity contribution in [1.29, 1.82) is 0 Å². The predicted molar refractivity (Wildman–Crippen MR) is 81.6 cm³/mol. The maximum absolute atomic E-state index is 12.5. The van der Waals surface area contributed by atoms with Crippen LogP contribution in [0.3, 0.4) is 0 Å². The van der Waals surface area contributed by atoms with Crippen LogP contribution in [-0.4, -0.2) is 48.4 Å². The molecule has 0 saturated carbocycles. The second-order valence-corrected chi connectivity index (χ2v) is 6.13. The van der Waals surface area contributed by atoms with Crippen molar-refractivity contribution in [2.75, 3.05) is 32.4 Å². The Balaban J connectivity index is 2.20. The molecule has 1 atom stereocenters. The third kappa shape index (κ3) is 2.95. The molecule has 1 aromatic carbocycles. The fraction of sp³-hybridized carbons (Fsp3) is 0.462. The number of hydrogen-bond acceptors (Lipinski definition) is 3. The number of benzene rings is 1. The van der Waals surface area contributed by atoms with Crippen molar-refractivity contribution >= 4 is 34.2 Å². The highest BCUT2D eigenvalue weighted by Gasteiger charge is 2.26. The summed E-state index contributed by atoms with van der Waals surface area (Å²) < 4.78 is 0.998. The fourth-order valence-corrected chi connectivity index (χ4v) is 3.04. The fourth-order valence-electron chi connectivity index (χ4n) is 2.34. The molecule has 1 aliphatic rings. The van der Waals surface area contributed by atoms with Crippen molar-refractivity contribution in [3.63, 3.8) is 0 Å². The lowest BCUT2D eigenvalue weighted by atomic mass is 10.1. The van der Waals surface area contributed by atoms with Crippen molar-refractivity contribution in [2.24, 2.45) is 0 Å². The molecule has 1 unspecified atom stereocenters. The van der Waals surface area contributed by atoms with Gasteiger partial charge in [-0.15, -0.1) is 0 Å². The molecule has 1 saturated heterocycles. The van der Waals surface area contributed by atoms with Crippen LogP contribution in [0.25, 0.3) is 0 Å². The van der Waals surface area contributed by atoms with Gasteiger partial charge in [0.25, 0.3) is 5.91 Å². The molecule has 0 aliphatic carbocycles. The van der Waals surface area contributed by atoms with Gasteiger partial charge in [-0.25, -0.2) is 0 Å². The summed E-state index contributed by atoms with van der Waals surface area (Å²) in [5.41, 5.74) is 7.14. The smallest absolute Gasteiger partial charge is 0.254 e. The molecule has 1 aliphatic heterocycles. The van der Waals surface area contributed by atoms with Gasteiger partial charge in [0.2, 0.25) is 0 Å². The second kappa shape index (κ2) is 5.44. The number of hydrogen-bond donors (Lipinski definition) is 1. The van der Waals surface area contributed by atoms with E-state index in [-0.39, 0.29) is 11.9 Å². The number of carbonyl (C=O) groups excluding carboxylic acids is 1. The van der Waals surface area contributed by atoms with Crippen LogP contribution in [0, 0.1) is 3.57 Å². The molecular weight excluding hydrogens is 341 g/mol. The summed E-state index contributed by atoms with van der Waals surface area (Å²) in [6, 6.07) is 5.76. The number of nitrogen functional groups attached to an aromatic ring is 1. The normalized spacial score (nSPS) is 21.1. The Kier molecular flexibility index (Phi) is 4.11. The number of anilines is 1. The molecule has 2 rings (SSSR count). The highest BCUT2D eigenvalue weighted by Crippen LogP contribution is 2.18. The molecule has 0 spiro atoms. The molecule has 1 fully saturated rings. The summed E-state index contributed by atoms with van der Waals surface area (Å²) in [6.45, 7) is 4.72. The zero-order chi connectivity index (χ0) is 13.3. The number of carbonyl (C=O) groups is 1. The minimum Gasteiger partial charge on any atom is -0.399 e. The Labute approximate surface area is 121 Å². The number of piperazine rings is 1. The average molecular weight is 359 g/mol. The van der Waals surface area contributed by atoms with Gasteiger partial charge in [-0.1, -0.05) is 0 Å². The van der Waals surface area contributed by atoms with Gasteiger partial charge in [0.1, 0.15) is 0 Å². The molecule has 0 bridgehead atoms. The van der Waals surface area contributed by atoms with Gasteiger partial charge in [0, 0.05) is 40.5 Å². The lowest BCUT2D eigenvalue weighted by Crippen LogP contribution is -2.52. The minimum atomic E-state index is 0.0841. The molecule has 2 N–H and O–H groups in total. The van der Waals surface area contributed by atoms with E-state index in [1.165, 1.54) is 0 Å². The summed E-state index contributed by atoms with van der Waals surface area (Å²) in [4.78, 5) is 16.7. The Morgan fingerprint density at radius 2 is 2.11 bits per heavy atom. The first-order valence-electron chi connectivity index (χ1n) is 6.03. The molecule has 1 aromatic rings. The van der Waals surface area contributed by atoms with E-state index in [1.54, 1.807) is 6.07 Å². The zero-order valence-electron chi connectivity index (χ0n) is 10.7. The third-order valence-corrected chi connectivity index (χ3v) is 3.88. The molecular formula is C13H18IN3O. The SMILES string of the molecule is CC1CN(C)CCN1C(=O)c1cc(N)cc(I)c1. The van der Waals surface area contributed by atoms with Gasteiger partial charge < -0.3 is 15.5 Å². The van der Waals surface area contributed by atoms with Crippen LogP contribution in [0.15, 0.2) is 18.2 Å². The molecule has 1 amide bonds.